The molecule has 0 amide bonds. The van der Waals surface area contributed by atoms with Gasteiger partial charge in [-0.25, -0.2) is 8.42 Å². The van der Waals surface area contributed by atoms with Crippen LogP contribution in [0.3, 0.4) is 0 Å². The van der Waals surface area contributed by atoms with E-state index < -0.39 is 15.1 Å². The number of benzene rings is 2. The van der Waals surface area contributed by atoms with Crippen molar-refractivity contribution in [3.63, 3.8) is 0 Å². The van der Waals surface area contributed by atoms with Crippen LogP contribution in [0.4, 0.5) is 0 Å². The fourth-order valence-electron chi connectivity index (χ4n) is 2.57. The predicted octanol–water partition coefficient (Wildman–Crippen LogP) is 5.14. The van der Waals surface area contributed by atoms with Crippen molar-refractivity contribution in [1.82, 2.24) is 0 Å². The molecule has 2 aromatic carbocycles. The molecule has 2 rings (SSSR count). The third kappa shape index (κ3) is 3.77. The lowest BCUT2D eigenvalue weighted by molar-refractivity contribution is 0.582. The minimum absolute atomic E-state index is 0.422. The van der Waals surface area contributed by atoms with Gasteiger partial charge < -0.3 is 0 Å². The van der Waals surface area contributed by atoms with Crippen LogP contribution in [0.5, 0.6) is 0 Å². The second-order valence-corrected chi connectivity index (χ2v) is 7.76. The zero-order valence-electron chi connectivity index (χ0n) is 13.3. The van der Waals surface area contributed by atoms with E-state index in [1.54, 1.807) is 12.1 Å². The normalized spacial score (nSPS) is 13.7. The maximum atomic E-state index is 12.9. The van der Waals surface area contributed by atoms with E-state index in [4.69, 9.17) is 0 Å². The second-order valence-electron chi connectivity index (χ2n) is 5.60. The van der Waals surface area contributed by atoms with Crippen LogP contribution in [-0.2, 0) is 9.84 Å². The first kappa shape index (κ1) is 16.8. The van der Waals surface area contributed by atoms with Gasteiger partial charge in [0.2, 0.25) is 0 Å². The molecule has 0 saturated heterocycles. The zero-order valence-corrected chi connectivity index (χ0v) is 14.1. The average Bonchev–Trinajstić information content (AvgIpc) is 2.53. The first-order valence-electron chi connectivity index (χ1n) is 7.99. The van der Waals surface area contributed by atoms with E-state index in [1.807, 2.05) is 49.4 Å². The smallest absolute Gasteiger partial charge is 0.184 e. The van der Waals surface area contributed by atoms with Gasteiger partial charge in [-0.15, -0.1) is 0 Å². The summed E-state index contributed by atoms with van der Waals surface area (Å²) in [5, 5.41) is 1.61. The van der Waals surface area contributed by atoms with Crippen LogP contribution < -0.4 is 0 Å². The first-order valence-corrected chi connectivity index (χ1v) is 9.53. The van der Waals surface area contributed by atoms with Crippen molar-refractivity contribution >= 4 is 20.6 Å². The SMILES string of the molecule is CCC/C=C\C(CCC)S(=O)(=O)c1ccc2ccccc2c1. The Morgan fingerprint density at radius 1 is 1.00 bits per heavy atom. The number of fused-ring (bicyclic) bond motifs is 1. The van der Waals surface area contributed by atoms with Crippen LogP contribution >= 0.6 is 0 Å². The van der Waals surface area contributed by atoms with Gasteiger partial charge in [0, 0.05) is 0 Å². The summed E-state index contributed by atoms with van der Waals surface area (Å²) in [5.74, 6) is 0. The average molecular weight is 316 g/mol. The van der Waals surface area contributed by atoms with Crippen LogP contribution in [0.1, 0.15) is 39.5 Å². The first-order chi connectivity index (χ1) is 10.6. The fourth-order valence-corrected chi connectivity index (χ4v) is 4.34. The Hall–Kier alpha value is -1.61. The topological polar surface area (TPSA) is 34.1 Å². The molecule has 0 bridgehead atoms. The third-order valence-corrected chi connectivity index (χ3v) is 5.93. The highest BCUT2D eigenvalue weighted by Crippen LogP contribution is 2.24. The Balaban J connectivity index is 2.39. The molecule has 1 unspecified atom stereocenters. The molecule has 0 aliphatic heterocycles. The van der Waals surface area contributed by atoms with Gasteiger partial charge in [-0.1, -0.05) is 69.2 Å². The van der Waals surface area contributed by atoms with Crippen molar-refractivity contribution in [2.45, 2.75) is 49.7 Å². The maximum Gasteiger partial charge on any atom is 0.184 e. The number of allylic oxidation sites excluding steroid dienone is 1. The van der Waals surface area contributed by atoms with Crippen molar-refractivity contribution < 1.29 is 8.42 Å². The molecule has 0 heterocycles. The molecule has 2 nitrogen and oxygen atoms in total. The lowest BCUT2D eigenvalue weighted by atomic mass is 10.1. The molecule has 0 radical (unpaired) electrons. The maximum absolute atomic E-state index is 12.9. The van der Waals surface area contributed by atoms with Gasteiger partial charge in [-0.3, -0.25) is 0 Å². The lowest BCUT2D eigenvalue weighted by Crippen LogP contribution is -2.19. The van der Waals surface area contributed by atoms with Crippen LogP contribution in [0.25, 0.3) is 10.8 Å². The van der Waals surface area contributed by atoms with Gasteiger partial charge in [-0.05, 0) is 35.7 Å². The monoisotopic (exact) mass is 316 g/mol. The number of unbranched alkanes of at least 4 members (excludes halogenated alkanes) is 1. The van der Waals surface area contributed by atoms with Crippen molar-refractivity contribution in [1.29, 1.82) is 0 Å². The highest BCUT2D eigenvalue weighted by atomic mass is 32.2. The predicted molar refractivity (Wildman–Crippen MR) is 93.9 cm³/mol. The van der Waals surface area contributed by atoms with Crippen molar-refractivity contribution in [2.75, 3.05) is 0 Å². The number of hydrogen-bond donors (Lipinski definition) is 0. The van der Waals surface area contributed by atoms with E-state index in [0.29, 0.717) is 11.3 Å². The van der Waals surface area contributed by atoms with Crippen LogP contribution in [0.15, 0.2) is 59.5 Å². The van der Waals surface area contributed by atoms with Crippen molar-refractivity contribution in [3.8, 4) is 0 Å². The summed E-state index contributed by atoms with van der Waals surface area (Å²) in [4.78, 5) is 0.422. The summed E-state index contributed by atoms with van der Waals surface area (Å²) < 4.78 is 25.8. The number of hydrogen-bond acceptors (Lipinski definition) is 2. The Kier molecular flexibility index (Phi) is 5.78. The molecule has 0 fully saturated rings. The quantitative estimate of drug-likeness (QED) is 0.663. The minimum Gasteiger partial charge on any atom is -0.223 e. The molecule has 1 atom stereocenters. The molecule has 0 aromatic heterocycles. The molecule has 0 spiro atoms. The minimum atomic E-state index is -3.32. The van der Waals surface area contributed by atoms with Gasteiger partial charge in [0.05, 0.1) is 10.1 Å². The van der Waals surface area contributed by atoms with E-state index in [1.165, 1.54) is 0 Å². The Morgan fingerprint density at radius 2 is 1.73 bits per heavy atom. The van der Waals surface area contributed by atoms with Crippen molar-refractivity contribution in [2.24, 2.45) is 0 Å². The Labute approximate surface area is 133 Å². The molecular weight excluding hydrogens is 292 g/mol. The lowest BCUT2D eigenvalue weighted by Gasteiger charge is -2.14. The van der Waals surface area contributed by atoms with Gasteiger partial charge in [0.25, 0.3) is 0 Å². The zero-order chi connectivity index (χ0) is 16.0. The number of rotatable bonds is 7. The summed E-state index contributed by atoms with van der Waals surface area (Å²) >= 11 is 0. The highest BCUT2D eigenvalue weighted by Gasteiger charge is 2.24. The second kappa shape index (κ2) is 7.59. The number of sulfone groups is 1. The molecule has 0 aliphatic carbocycles. The standard InChI is InChI=1S/C19H24O2S/c1-3-5-6-12-18(9-4-2)22(20,21)19-14-13-16-10-7-8-11-17(16)15-19/h6-8,10-15,18H,3-5,9H2,1-2H3/b12-6-. The molecule has 118 valence electrons. The Morgan fingerprint density at radius 3 is 2.41 bits per heavy atom. The molecule has 2 aromatic rings. The molecule has 3 heteroatoms. The molecular formula is C19H24O2S. The molecule has 0 saturated carbocycles. The largest absolute Gasteiger partial charge is 0.223 e. The van der Waals surface area contributed by atoms with E-state index >= 15 is 0 Å². The van der Waals surface area contributed by atoms with E-state index in [2.05, 4.69) is 6.92 Å². The highest BCUT2D eigenvalue weighted by molar-refractivity contribution is 7.92. The van der Waals surface area contributed by atoms with Crippen LogP contribution in [0.2, 0.25) is 0 Å². The molecule has 22 heavy (non-hydrogen) atoms. The van der Waals surface area contributed by atoms with E-state index in [9.17, 15) is 8.42 Å². The summed E-state index contributed by atoms with van der Waals surface area (Å²) in [6, 6.07) is 13.3. The van der Waals surface area contributed by atoms with E-state index in [-0.39, 0.29) is 0 Å². The summed E-state index contributed by atoms with van der Waals surface area (Å²) in [6.07, 6.45) is 7.35. The summed E-state index contributed by atoms with van der Waals surface area (Å²) in [5.41, 5.74) is 0. The van der Waals surface area contributed by atoms with Gasteiger partial charge in [-0.2, -0.15) is 0 Å². The molecule has 0 N–H and O–H groups in total. The van der Waals surface area contributed by atoms with E-state index in [0.717, 1.165) is 30.0 Å². The van der Waals surface area contributed by atoms with Crippen LogP contribution in [0, 0.1) is 0 Å². The molecule has 0 aliphatic rings. The summed E-state index contributed by atoms with van der Waals surface area (Å²) in [7, 11) is -3.32. The van der Waals surface area contributed by atoms with Gasteiger partial charge in [0.15, 0.2) is 9.84 Å². The van der Waals surface area contributed by atoms with Crippen molar-refractivity contribution in [3.05, 3.63) is 54.6 Å². The fraction of sp³-hybridized carbons (Fsp3) is 0.368. The van der Waals surface area contributed by atoms with Gasteiger partial charge in [0.1, 0.15) is 0 Å². The third-order valence-electron chi connectivity index (χ3n) is 3.83. The van der Waals surface area contributed by atoms with Gasteiger partial charge >= 0.3 is 0 Å². The Bertz CT molecular complexity index is 745. The van der Waals surface area contributed by atoms with Crippen LogP contribution in [-0.4, -0.2) is 13.7 Å². The summed E-state index contributed by atoms with van der Waals surface area (Å²) in [6.45, 7) is 4.12.